The standard InChI is InChI=1S/C26H16N2O4.2Na/c29-25(30)19-13-23(27-21-7-3-1-5-17(19)21)15-9-11-16(12-10-15)24-14-20(26(31)32)18-6-2-4-8-22(18)28-24;;/h1-14H,(H,29,30)(H,31,32);;/q;2*+1/p-2. The van der Waals surface area contributed by atoms with E-state index in [1.165, 1.54) is 12.1 Å². The van der Waals surface area contributed by atoms with Gasteiger partial charge in [-0.1, -0.05) is 60.7 Å². The van der Waals surface area contributed by atoms with Gasteiger partial charge in [0.25, 0.3) is 0 Å². The Morgan fingerprint density at radius 1 is 0.559 bits per heavy atom. The van der Waals surface area contributed by atoms with Crippen LogP contribution in [0.15, 0.2) is 84.9 Å². The maximum atomic E-state index is 11.6. The average Bonchev–Trinajstić information content (AvgIpc) is 2.82. The van der Waals surface area contributed by atoms with Crippen LogP contribution in [0.4, 0.5) is 0 Å². The van der Waals surface area contributed by atoms with E-state index in [0.717, 1.165) is 0 Å². The normalized spacial score (nSPS) is 10.4. The van der Waals surface area contributed by atoms with Gasteiger partial charge in [0, 0.05) is 33.0 Å². The number of hydrogen-bond donors (Lipinski definition) is 0. The van der Waals surface area contributed by atoms with E-state index in [4.69, 9.17) is 0 Å². The van der Waals surface area contributed by atoms with E-state index in [2.05, 4.69) is 9.97 Å². The summed E-state index contributed by atoms with van der Waals surface area (Å²) in [7, 11) is 0. The van der Waals surface area contributed by atoms with Crippen LogP contribution in [0.5, 0.6) is 0 Å². The molecule has 8 heteroatoms. The van der Waals surface area contributed by atoms with E-state index < -0.39 is 11.9 Å². The number of carboxylic acid groups (broad SMARTS) is 2. The number of aromatic nitrogens is 2. The number of aromatic carboxylic acids is 2. The van der Waals surface area contributed by atoms with Gasteiger partial charge in [-0.15, -0.1) is 0 Å². The Bertz CT molecular complexity index is 1420. The van der Waals surface area contributed by atoms with Gasteiger partial charge in [0.15, 0.2) is 0 Å². The molecular formula is C26H14N2Na2O4. The van der Waals surface area contributed by atoms with E-state index in [0.29, 0.717) is 44.3 Å². The zero-order valence-corrected chi connectivity index (χ0v) is 22.6. The van der Waals surface area contributed by atoms with Crippen molar-refractivity contribution in [3.05, 3.63) is 96.1 Å². The van der Waals surface area contributed by atoms with E-state index in [1.54, 1.807) is 72.8 Å². The molecule has 0 amide bonds. The van der Waals surface area contributed by atoms with Gasteiger partial charge < -0.3 is 19.8 Å². The minimum absolute atomic E-state index is 0. The summed E-state index contributed by atoms with van der Waals surface area (Å²) in [5.41, 5.74) is 3.68. The van der Waals surface area contributed by atoms with Gasteiger partial charge in [-0.3, -0.25) is 0 Å². The predicted octanol–water partition coefficient (Wildman–Crippen LogP) is -3.15. The Labute approximate surface area is 239 Å². The first-order chi connectivity index (χ1) is 15.5. The summed E-state index contributed by atoms with van der Waals surface area (Å²) in [6, 6.07) is 24.1. The molecule has 0 aliphatic rings. The van der Waals surface area contributed by atoms with E-state index in [9.17, 15) is 19.8 Å². The number of benzene rings is 3. The zero-order valence-electron chi connectivity index (χ0n) is 18.6. The van der Waals surface area contributed by atoms with Crippen LogP contribution < -0.4 is 69.3 Å². The molecule has 0 saturated heterocycles. The first kappa shape index (κ1) is 26.0. The Balaban J connectivity index is 0.00000162. The van der Waals surface area contributed by atoms with Gasteiger partial charge >= 0.3 is 59.1 Å². The molecule has 2 aromatic heterocycles. The fourth-order valence-corrected chi connectivity index (χ4v) is 3.80. The second-order valence-corrected chi connectivity index (χ2v) is 7.30. The van der Waals surface area contributed by atoms with Crippen molar-refractivity contribution >= 4 is 33.7 Å². The van der Waals surface area contributed by atoms with Crippen molar-refractivity contribution in [2.75, 3.05) is 0 Å². The molecule has 0 spiro atoms. The Morgan fingerprint density at radius 2 is 0.912 bits per heavy atom. The molecule has 0 N–H and O–H groups in total. The van der Waals surface area contributed by atoms with Crippen LogP contribution >= 0.6 is 0 Å². The molecule has 0 aliphatic carbocycles. The molecule has 0 aliphatic heterocycles. The molecule has 154 valence electrons. The molecule has 5 rings (SSSR count). The third-order valence-corrected chi connectivity index (χ3v) is 5.35. The third kappa shape index (κ3) is 4.93. The fourth-order valence-electron chi connectivity index (χ4n) is 3.80. The summed E-state index contributed by atoms with van der Waals surface area (Å²) >= 11 is 0. The number of carboxylic acids is 2. The minimum atomic E-state index is -1.27. The van der Waals surface area contributed by atoms with Crippen molar-refractivity contribution < 1.29 is 78.9 Å². The second kappa shape index (κ2) is 10.8. The van der Waals surface area contributed by atoms with E-state index >= 15 is 0 Å². The van der Waals surface area contributed by atoms with Crippen LogP contribution in [-0.4, -0.2) is 21.9 Å². The van der Waals surface area contributed by atoms with Crippen molar-refractivity contribution in [3.8, 4) is 22.5 Å². The first-order valence-corrected chi connectivity index (χ1v) is 9.84. The predicted molar refractivity (Wildman–Crippen MR) is 117 cm³/mol. The molecule has 34 heavy (non-hydrogen) atoms. The molecule has 0 saturated carbocycles. The van der Waals surface area contributed by atoms with Gasteiger partial charge in [-0.25, -0.2) is 9.97 Å². The topological polar surface area (TPSA) is 106 Å². The number of rotatable bonds is 4. The van der Waals surface area contributed by atoms with Crippen molar-refractivity contribution in [2.24, 2.45) is 0 Å². The van der Waals surface area contributed by atoms with E-state index in [-0.39, 0.29) is 70.2 Å². The SMILES string of the molecule is O=C([O-])c1cc(-c2ccc(-c3cc(C(=O)[O-])c4ccccc4n3)cc2)nc2ccccc12.[Na+].[Na+]. The van der Waals surface area contributed by atoms with Crippen molar-refractivity contribution in [1.29, 1.82) is 0 Å². The Morgan fingerprint density at radius 3 is 1.26 bits per heavy atom. The monoisotopic (exact) mass is 464 g/mol. The van der Waals surface area contributed by atoms with Gasteiger partial charge in [0.2, 0.25) is 0 Å². The molecule has 6 nitrogen and oxygen atoms in total. The molecule has 3 aromatic carbocycles. The summed E-state index contributed by atoms with van der Waals surface area (Å²) in [5, 5.41) is 24.3. The number of pyridine rings is 2. The average molecular weight is 464 g/mol. The summed E-state index contributed by atoms with van der Waals surface area (Å²) in [4.78, 5) is 32.4. The van der Waals surface area contributed by atoms with E-state index in [1.807, 2.05) is 0 Å². The minimum Gasteiger partial charge on any atom is -0.545 e. The first-order valence-electron chi connectivity index (χ1n) is 9.84. The number of carbonyl (C=O) groups is 2. The van der Waals surface area contributed by atoms with Crippen LogP contribution in [0.1, 0.15) is 20.7 Å². The molecule has 2 heterocycles. The van der Waals surface area contributed by atoms with Gasteiger partial charge in [-0.2, -0.15) is 0 Å². The summed E-state index contributed by atoms with van der Waals surface area (Å²) < 4.78 is 0. The molecule has 0 bridgehead atoms. The van der Waals surface area contributed by atoms with Crippen LogP contribution in [-0.2, 0) is 0 Å². The van der Waals surface area contributed by atoms with Crippen molar-refractivity contribution in [2.45, 2.75) is 0 Å². The number of nitrogens with zero attached hydrogens (tertiary/aromatic N) is 2. The summed E-state index contributed by atoms with van der Waals surface area (Å²) in [6.07, 6.45) is 0. The fraction of sp³-hybridized carbons (Fsp3) is 0. The molecule has 0 radical (unpaired) electrons. The number of para-hydroxylation sites is 2. The van der Waals surface area contributed by atoms with Gasteiger partial charge in [0.1, 0.15) is 0 Å². The number of carbonyl (C=O) groups excluding carboxylic acids is 2. The smallest absolute Gasteiger partial charge is 0.545 e. The zero-order chi connectivity index (χ0) is 22.2. The maximum absolute atomic E-state index is 11.6. The molecular weight excluding hydrogens is 450 g/mol. The molecule has 0 fully saturated rings. The van der Waals surface area contributed by atoms with Gasteiger partial charge in [0.05, 0.1) is 34.4 Å². The van der Waals surface area contributed by atoms with Crippen LogP contribution in [0.2, 0.25) is 0 Å². The van der Waals surface area contributed by atoms with Crippen LogP contribution in [0.25, 0.3) is 44.3 Å². The van der Waals surface area contributed by atoms with Gasteiger partial charge in [-0.05, 0) is 24.3 Å². The summed E-state index contributed by atoms with van der Waals surface area (Å²) in [5.74, 6) is -2.53. The Kier molecular flexibility index (Phi) is 8.25. The number of fused-ring (bicyclic) bond motifs is 2. The van der Waals surface area contributed by atoms with Crippen molar-refractivity contribution in [3.63, 3.8) is 0 Å². The maximum Gasteiger partial charge on any atom is 1.00 e. The summed E-state index contributed by atoms with van der Waals surface area (Å²) in [6.45, 7) is 0. The van der Waals surface area contributed by atoms with Crippen LogP contribution in [0.3, 0.4) is 0 Å². The van der Waals surface area contributed by atoms with Crippen LogP contribution in [0, 0.1) is 0 Å². The second-order valence-electron chi connectivity index (χ2n) is 7.30. The quantitative estimate of drug-likeness (QED) is 0.260. The molecule has 0 unspecified atom stereocenters. The molecule has 5 aromatic rings. The molecule has 0 atom stereocenters. The largest absolute Gasteiger partial charge is 1.00 e. The van der Waals surface area contributed by atoms with Crippen molar-refractivity contribution in [1.82, 2.24) is 9.97 Å². The third-order valence-electron chi connectivity index (χ3n) is 5.35. The Hall–Kier alpha value is -2.58. The number of hydrogen-bond acceptors (Lipinski definition) is 6.